The molecule has 2 atom stereocenters. The normalized spacial score (nSPS) is 14.9. The highest BCUT2D eigenvalue weighted by atomic mass is 32.4. The molecule has 3 fully saturated rings. The number of rotatable bonds is 28. The van der Waals surface area contributed by atoms with E-state index in [2.05, 4.69) is 185 Å². The number of carbonyl (C=O) groups is 2. The number of hydrogen-bond donors (Lipinski definition) is 6. The first-order valence-corrected chi connectivity index (χ1v) is 36.9. The van der Waals surface area contributed by atoms with Gasteiger partial charge in [0.2, 0.25) is 5.91 Å². The Balaban J connectivity index is 0.000000327. The number of nitrogens with zero attached hydrogens (tertiary/aromatic N) is 2. The van der Waals surface area contributed by atoms with E-state index in [1.807, 2.05) is 74.5 Å². The summed E-state index contributed by atoms with van der Waals surface area (Å²) >= 11 is 7.78. The van der Waals surface area contributed by atoms with Gasteiger partial charge in [0.15, 0.2) is 0 Å². The topological polar surface area (TPSA) is 191 Å². The molecule has 0 spiro atoms. The summed E-state index contributed by atoms with van der Waals surface area (Å²) in [6.07, 6.45) is 12.8. The predicted molar refractivity (Wildman–Crippen MR) is 400 cm³/mol. The van der Waals surface area contributed by atoms with Crippen molar-refractivity contribution in [2.45, 2.75) is 141 Å². The molecule has 510 valence electrons. The number of nitrogens with one attached hydrogen (secondary N) is 2. The van der Waals surface area contributed by atoms with Gasteiger partial charge in [0.1, 0.15) is 11.5 Å². The summed E-state index contributed by atoms with van der Waals surface area (Å²) in [6, 6.07) is 53.4. The summed E-state index contributed by atoms with van der Waals surface area (Å²) in [5, 5.41) is 16.0. The molecule has 2 aliphatic carbocycles. The number of aliphatic carboxylic acids is 1. The molecule has 1 saturated heterocycles. The van der Waals surface area contributed by atoms with E-state index in [1.165, 1.54) is 78.5 Å². The van der Waals surface area contributed by atoms with Crippen LogP contribution in [0.2, 0.25) is 0 Å². The molecule has 1 heterocycles. The Morgan fingerprint density at radius 1 is 0.591 bits per heavy atom. The first kappa shape index (κ1) is 81.9. The van der Waals surface area contributed by atoms with Gasteiger partial charge < -0.3 is 47.2 Å². The standard InChI is InChI=1S/C31H37NO2.C19H22O3.C12H17N.C8H22N4.C6H13NO.2HPS/c1-24-20-25(2)22-28(21-24)34-19-11-16-29(26-12-5-3-6-13-26)30(33)32-23-31(17-9-10-18-31)27-14-7-4-8-15-27;1-14-11-15(2)13-17(12-14)22-10-6-9-18(19(20)21)16-7-4-3-5-8-16;13-10-12(8-4-5-9-12)11-6-2-1-3-7-11;1-2-11-5-8-12(6-3-9)7-4-10;1-2-7-3-5-8-6-4-7;2*1-2/h3-8,12-15,20-22,29H,9-11,16-19,23H2,1-2H3,(H,32,33);3-5,7-8,11-13,18H,6,9-10H2,1-2H3,(H,20,21);1-3,6-7H,4-5,8-10,13H2;11H,2-10H2,1H3;2-6H2,1H3;2*1H. The lowest BCUT2D eigenvalue weighted by Gasteiger charge is -2.31. The van der Waals surface area contributed by atoms with E-state index < -0.39 is 11.9 Å². The fourth-order valence-electron chi connectivity index (χ4n) is 12.5. The number of benzene rings is 6. The van der Waals surface area contributed by atoms with Crippen molar-refractivity contribution < 1.29 is 28.9 Å². The van der Waals surface area contributed by atoms with Gasteiger partial charge in [-0.15, -0.1) is 0 Å². The zero-order valence-electron chi connectivity index (χ0n) is 56.9. The summed E-state index contributed by atoms with van der Waals surface area (Å²) in [4.78, 5) is 29.6. The molecule has 9 N–H and O–H groups in total. The summed E-state index contributed by atoms with van der Waals surface area (Å²) in [7, 11) is 5.11. The van der Waals surface area contributed by atoms with Crippen molar-refractivity contribution in [1.82, 2.24) is 20.4 Å². The minimum Gasteiger partial charge on any atom is -0.494 e. The maximum atomic E-state index is 13.5. The van der Waals surface area contributed by atoms with Crippen LogP contribution in [0.15, 0.2) is 158 Å². The zero-order chi connectivity index (χ0) is 68.0. The lowest BCUT2D eigenvalue weighted by Crippen LogP contribution is -2.41. The first-order valence-electron chi connectivity index (χ1n) is 33.6. The predicted octanol–water partition coefficient (Wildman–Crippen LogP) is 14.0. The second-order valence-electron chi connectivity index (χ2n) is 24.3. The van der Waals surface area contributed by atoms with Crippen LogP contribution in [0.25, 0.3) is 0 Å². The molecule has 3 aliphatic rings. The summed E-state index contributed by atoms with van der Waals surface area (Å²) < 4.78 is 16.9. The molecule has 1 amide bonds. The Morgan fingerprint density at radius 3 is 1.38 bits per heavy atom. The minimum atomic E-state index is -0.780. The molecule has 93 heavy (non-hydrogen) atoms. The molecular weight excluding hydrogens is 1230 g/mol. The number of carboxylic acids is 1. The highest BCUT2D eigenvalue weighted by molar-refractivity contribution is 7.89. The number of aryl methyl sites for hydroxylation is 4. The molecule has 1 aliphatic heterocycles. The monoisotopic (exact) mass is 1350 g/mol. The second kappa shape index (κ2) is 49.2. The molecule has 0 aromatic heterocycles. The number of nitrogens with two attached hydrogens (primary N) is 3. The molecule has 13 nitrogen and oxygen atoms in total. The molecule has 9 rings (SSSR count). The van der Waals surface area contributed by atoms with Crippen LogP contribution in [0.4, 0.5) is 0 Å². The maximum Gasteiger partial charge on any atom is 0.310 e. The minimum absolute atomic E-state index is 0.0598. The lowest BCUT2D eigenvalue weighted by molar-refractivity contribution is -0.139. The average molecular weight is 1350 g/mol. The highest BCUT2D eigenvalue weighted by Crippen LogP contribution is 2.41. The number of carboxylic acid groups (broad SMARTS) is 1. The van der Waals surface area contributed by atoms with Crippen LogP contribution < -0.4 is 37.3 Å². The van der Waals surface area contributed by atoms with E-state index in [-0.39, 0.29) is 17.2 Å². The quantitative estimate of drug-likeness (QED) is 0.0201. The van der Waals surface area contributed by atoms with Crippen molar-refractivity contribution in [3.8, 4) is 11.5 Å². The van der Waals surface area contributed by atoms with Crippen molar-refractivity contribution >= 4 is 51.5 Å². The summed E-state index contributed by atoms with van der Waals surface area (Å²) in [6.45, 7) is 26.9. The van der Waals surface area contributed by atoms with Gasteiger partial charge in [-0.3, -0.25) is 19.4 Å². The van der Waals surface area contributed by atoms with E-state index in [4.69, 9.17) is 31.4 Å². The van der Waals surface area contributed by atoms with Crippen LogP contribution in [-0.4, -0.2) is 132 Å². The number of carbonyl (C=O) groups excluding carboxylic acids is 1. The Hall–Kier alpha value is -5.38. The van der Waals surface area contributed by atoms with Crippen LogP contribution in [0.5, 0.6) is 11.5 Å². The fourth-order valence-corrected chi connectivity index (χ4v) is 12.5. The van der Waals surface area contributed by atoms with Crippen molar-refractivity contribution in [3.05, 3.63) is 202 Å². The second-order valence-corrected chi connectivity index (χ2v) is 24.3. The number of likely N-dealkylation sites (N-methyl/N-ethyl adjacent to an activating group) is 2. The molecule has 6 aromatic rings. The van der Waals surface area contributed by atoms with Crippen LogP contribution >= 0.6 is 16.0 Å². The van der Waals surface area contributed by atoms with Gasteiger partial charge in [0, 0.05) is 76.3 Å². The van der Waals surface area contributed by atoms with E-state index in [9.17, 15) is 14.7 Å². The van der Waals surface area contributed by atoms with Crippen molar-refractivity contribution in [2.75, 3.05) is 105 Å². The highest BCUT2D eigenvalue weighted by Gasteiger charge is 2.37. The van der Waals surface area contributed by atoms with Gasteiger partial charge >= 0.3 is 5.97 Å². The smallest absolute Gasteiger partial charge is 0.310 e. The van der Waals surface area contributed by atoms with Gasteiger partial charge in [-0.25, -0.2) is 0 Å². The third-order valence-corrected chi connectivity index (χ3v) is 17.4. The Kier molecular flexibility index (Phi) is 43.3. The Labute approximate surface area is 574 Å². The molecule has 0 radical (unpaired) electrons. The van der Waals surface area contributed by atoms with Crippen LogP contribution in [0.1, 0.15) is 147 Å². The van der Waals surface area contributed by atoms with Crippen molar-refractivity contribution in [1.29, 1.82) is 0 Å². The molecule has 0 bridgehead atoms. The van der Waals surface area contributed by atoms with Gasteiger partial charge in [-0.1, -0.05) is 197 Å². The molecule has 6 aromatic carbocycles. The van der Waals surface area contributed by atoms with Gasteiger partial charge in [-0.2, -0.15) is 0 Å². The van der Waals surface area contributed by atoms with Gasteiger partial charge in [-0.05, 0) is 177 Å². The summed E-state index contributed by atoms with van der Waals surface area (Å²) in [5.74, 6) is 0.466. The first-order chi connectivity index (χ1) is 45.3. The van der Waals surface area contributed by atoms with Crippen molar-refractivity contribution in [2.24, 2.45) is 17.2 Å². The van der Waals surface area contributed by atoms with Crippen LogP contribution in [0, 0.1) is 27.7 Å². The van der Waals surface area contributed by atoms with E-state index in [1.54, 1.807) is 0 Å². The maximum absolute atomic E-state index is 13.5. The van der Waals surface area contributed by atoms with Crippen molar-refractivity contribution in [3.63, 3.8) is 0 Å². The zero-order valence-corrected chi connectivity index (χ0v) is 60.5. The SMILES string of the molecule is CCN1CCOCC1.CCNCCN(CCN)CCN.Cc1cc(C)cc(OCCCC(C(=O)NCC2(c3ccccc3)CCCC2)c2ccccc2)c1.Cc1cc(C)cc(OCCCC(C(=O)O)c2ccccc2)c1.NCC1(c2ccccc2)CCCC1.P=S.P=S. The number of amides is 1. The molecule has 2 unspecified atom stereocenters. The average Bonchev–Trinajstić information content (AvgIpc) is 1.77. The number of ether oxygens (including phenoxy) is 3. The van der Waals surface area contributed by atoms with E-state index >= 15 is 0 Å². The molecule has 17 heteroatoms. The number of hydrogen-bond acceptors (Lipinski definition) is 13. The summed E-state index contributed by atoms with van der Waals surface area (Å²) in [5.41, 5.74) is 26.7. The van der Waals surface area contributed by atoms with Crippen LogP contribution in [0.3, 0.4) is 0 Å². The third-order valence-electron chi connectivity index (χ3n) is 17.4. The third kappa shape index (κ3) is 31.4. The van der Waals surface area contributed by atoms with Gasteiger partial charge in [0.25, 0.3) is 0 Å². The number of morpholine rings is 1. The molecular formula is C76H113N7O6P2S2. The van der Waals surface area contributed by atoms with E-state index in [0.717, 1.165) is 114 Å². The lowest BCUT2D eigenvalue weighted by atomic mass is 9.78. The fraction of sp³-hybridized carbons (Fsp3) is 0.500. The van der Waals surface area contributed by atoms with E-state index in [0.29, 0.717) is 51.1 Å². The van der Waals surface area contributed by atoms with Crippen LogP contribution in [-0.2, 0) is 48.8 Å². The van der Waals surface area contributed by atoms with Gasteiger partial charge in [0.05, 0.1) is 38.3 Å². The largest absolute Gasteiger partial charge is 0.494 e. The Morgan fingerprint density at radius 2 is 0.989 bits per heavy atom. The molecule has 2 saturated carbocycles. The Bertz CT molecular complexity index is 2840.